The van der Waals surface area contributed by atoms with Crippen LogP contribution in [-0.4, -0.2) is 28.4 Å². The highest BCUT2D eigenvalue weighted by Crippen LogP contribution is 2.42. The monoisotopic (exact) mass is 470 g/mol. The summed E-state index contributed by atoms with van der Waals surface area (Å²) in [7, 11) is 0. The number of ether oxygens (including phenoxy) is 1. The zero-order chi connectivity index (χ0) is 25.3. The average Bonchev–Trinajstić information content (AvgIpc) is 3.09. The van der Waals surface area contributed by atoms with Crippen LogP contribution in [0.15, 0.2) is 72.4 Å². The Kier molecular flexibility index (Phi) is 6.48. The minimum Gasteiger partial charge on any atom is -0.507 e. The number of benzene rings is 2. The van der Waals surface area contributed by atoms with Crippen molar-refractivity contribution < 1.29 is 19.4 Å². The number of amides is 1. The quantitative estimate of drug-likeness (QED) is 0.293. The van der Waals surface area contributed by atoms with Crippen molar-refractivity contribution in [1.82, 2.24) is 4.98 Å². The highest BCUT2D eigenvalue weighted by molar-refractivity contribution is 6.51. The second kappa shape index (κ2) is 9.37. The Balaban J connectivity index is 1.91. The van der Waals surface area contributed by atoms with E-state index in [2.05, 4.69) is 25.8 Å². The van der Waals surface area contributed by atoms with Crippen LogP contribution in [-0.2, 0) is 15.0 Å². The van der Waals surface area contributed by atoms with Gasteiger partial charge < -0.3 is 9.84 Å². The molecule has 1 amide bonds. The molecule has 1 N–H and O–H groups in total. The maximum Gasteiger partial charge on any atom is 0.301 e. The van der Waals surface area contributed by atoms with Crippen molar-refractivity contribution in [2.75, 3.05) is 11.5 Å². The van der Waals surface area contributed by atoms with Crippen LogP contribution in [0, 0.1) is 6.92 Å². The molecule has 180 valence electrons. The number of carbonyl (C=O) groups excluding carboxylic acids is 2. The zero-order valence-electron chi connectivity index (χ0n) is 20.7. The van der Waals surface area contributed by atoms with Crippen LogP contribution in [0.5, 0.6) is 5.75 Å². The fraction of sp³-hybridized carbons (Fsp3) is 0.276. The Labute approximate surface area is 205 Å². The molecule has 6 heteroatoms. The van der Waals surface area contributed by atoms with Gasteiger partial charge in [0, 0.05) is 11.8 Å². The Morgan fingerprint density at radius 1 is 1.06 bits per heavy atom. The molecule has 35 heavy (non-hydrogen) atoms. The van der Waals surface area contributed by atoms with Crippen molar-refractivity contribution >= 4 is 23.3 Å². The van der Waals surface area contributed by atoms with Gasteiger partial charge in [0.05, 0.1) is 18.2 Å². The van der Waals surface area contributed by atoms with Gasteiger partial charge in [-0.3, -0.25) is 14.5 Å². The molecule has 1 aliphatic rings. The molecule has 1 aliphatic heterocycles. The molecule has 1 aromatic heterocycles. The van der Waals surface area contributed by atoms with Crippen LogP contribution in [0.1, 0.15) is 56.0 Å². The first kappa shape index (κ1) is 24.2. The first-order valence-corrected chi connectivity index (χ1v) is 11.7. The predicted molar refractivity (Wildman–Crippen MR) is 137 cm³/mol. The van der Waals surface area contributed by atoms with Crippen LogP contribution in [0.25, 0.3) is 5.76 Å². The first-order chi connectivity index (χ1) is 16.6. The van der Waals surface area contributed by atoms with E-state index in [-0.39, 0.29) is 16.7 Å². The minimum absolute atomic E-state index is 0.0384. The number of pyridine rings is 1. The lowest BCUT2D eigenvalue weighted by molar-refractivity contribution is -0.132. The summed E-state index contributed by atoms with van der Waals surface area (Å²) in [6.45, 7) is 10.6. The lowest BCUT2D eigenvalue weighted by Gasteiger charge is -2.26. The summed E-state index contributed by atoms with van der Waals surface area (Å²) in [5.41, 5.74) is 3.03. The number of ketones is 1. The summed E-state index contributed by atoms with van der Waals surface area (Å²) in [6.07, 6.45) is 1.57. The topological polar surface area (TPSA) is 79.7 Å². The second-order valence-corrected chi connectivity index (χ2v) is 9.64. The van der Waals surface area contributed by atoms with Gasteiger partial charge in [0.25, 0.3) is 5.78 Å². The molecule has 4 rings (SSSR count). The van der Waals surface area contributed by atoms with Gasteiger partial charge in [-0.05, 0) is 66.3 Å². The fourth-order valence-corrected chi connectivity index (χ4v) is 4.35. The van der Waals surface area contributed by atoms with Gasteiger partial charge in [0.1, 0.15) is 17.3 Å². The van der Waals surface area contributed by atoms with Crippen LogP contribution < -0.4 is 9.64 Å². The number of nitrogens with zero attached hydrogens (tertiary/aromatic N) is 2. The molecule has 0 saturated carbocycles. The van der Waals surface area contributed by atoms with Crippen LogP contribution in [0.3, 0.4) is 0 Å². The molecular weight excluding hydrogens is 440 g/mol. The van der Waals surface area contributed by atoms with Gasteiger partial charge in [-0.1, -0.05) is 51.1 Å². The highest BCUT2D eigenvalue weighted by Gasteiger charge is 2.47. The molecule has 1 fully saturated rings. The summed E-state index contributed by atoms with van der Waals surface area (Å²) < 4.78 is 5.55. The van der Waals surface area contributed by atoms with E-state index in [0.29, 0.717) is 29.3 Å². The molecule has 0 radical (unpaired) electrons. The fourth-order valence-electron chi connectivity index (χ4n) is 4.35. The van der Waals surface area contributed by atoms with Gasteiger partial charge >= 0.3 is 5.91 Å². The molecule has 2 aromatic carbocycles. The summed E-state index contributed by atoms with van der Waals surface area (Å²) >= 11 is 0. The van der Waals surface area contributed by atoms with Crippen molar-refractivity contribution in [3.63, 3.8) is 0 Å². The number of aromatic nitrogens is 1. The van der Waals surface area contributed by atoms with Crippen molar-refractivity contribution in [3.05, 3.63) is 94.7 Å². The maximum atomic E-state index is 13.3. The molecule has 1 unspecified atom stereocenters. The van der Waals surface area contributed by atoms with E-state index in [9.17, 15) is 14.7 Å². The number of aliphatic hydroxyl groups is 1. The standard InChI is InChI=1S/C29H30N2O4/c1-6-35-21-14-15-22(18(2)17-21)26(32)24-25(19-10-12-20(13-11-19)29(3,4)5)31(28(34)27(24)33)23-9-7-8-16-30-23/h7-17,25,32H,6H2,1-5H3/b26-24-. The molecular formula is C29H30N2O4. The van der Waals surface area contributed by atoms with E-state index < -0.39 is 17.7 Å². The first-order valence-electron chi connectivity index (χ1n) is 11.7. The van der Waals surface area contributed by atoms with Crippen molar-refractivity contribution in [1.29, 1.82) is 0 Å². The summed E-state index contributed by atoms with van der Waals surface area (Å²) in [6, 6.07) is 17.4. The van der Waals surface area contributed by atoms with E-state index in [1.165, 1.54) is 4.90 Å². The molecule has 0 spiro atoms. The second-order valence-electron chi connectivity index (χ2n) is 9.64. The van der Waals surface area contributed by atoms with Crippen LogP contribution in [0.4, 0.5) is 5.82 Å². The van der Waals surface area contributed by atoms with E-state index in [4.69, 9.17) is 4.74 Å². The number of aliphatic hydroxyl groups excluding tert-OH is 1. The normalized spacial score (nSPS) is 17.6. The number of aryl methyl sites for hydroxylation is 1. The lowest BCUT2D eigenvalue weighted by Crippen LogP contribution is -2.30. The van der Waals surface area contributed by atoms with Gasteiger partial charge in [0.2, 0.25) is 0 Å². The Morgan fingerprint density at radius 3 is 2.34 bits per heavy atom. The molecule has 0 bridgehead atoms. The summed E-state index contributed by atoms with van der Waals surface area (Å²) in [5.74, 6) is -0.663. The largest absolute Gasteiger partial charge is 0.507 e. The Hall–Kier alpha value is -3.93. The van der Waals surface area contributed by atoms with E-state index in [0.717, 1.165) is 11.1 Å². The number of carbonyl (C=O) groups is 2. The number of rotatable bonds is 5. The predicted octanol–water partition coefficient (Wildman–Crippen LogP) is 5.71. The van der Waals surface area contributed by atoms with Gasteiger partial charge in [0.15, 0.2) is 0 Å². The zero-order valence-corrected chi connectivity index (χ0v) is 20.7. The van der Waals surface area contributed by atoms with Crippen LogP contribution in [0.2, 0.25) is 0 Å². The van der Waals surface area contributed by atoms with Gasteiger partial charge in [-0.25, -0.2) is 4.98 Å². The van der Waals surface area contributed by atoms with E-state index in [1.807, 2.05) is 38.1 Å². The van der Waals surface area contributed by atoms with Crippen LogP contribution >= 0.6 is 0 Å². The SMILES string of the molecule is CCOc1ccc(/C(O)=C2/C(=O)C(=O)N(c3ccccn3)C2c2ccc(C(C)(C)C)cc2)c(C)c1. The molecule has 1 saturated heterocycles. The summed E-state index contributed by atoms with van der Waals surface area (Å²) in [5, 5.41) is 11.4. The Morgan fingerprint density at radius 2 is 1.77 bits per heavy atom. The van der Waals surface area contributed by atoms with Crippen molar-refractivity contribution in [2.24, 2.45) is 0 Å². The number of hydrogen-bond acceptors (Lipinski definition) is 5. The highest BCUT2D eigenvalue weighted by atomic mass is 16.5. The molecule has 2 heterocycles. The number of hydrogen-bond donors (Lipinski definition) is 1. The molecule has 0 aliphatic carbocycles. The third-order valence-corrected chi connectivity index (χ3v) is 6.20. The van der Waals surface area contributed by atoms with Crippen molar-refractivity contribution in [2.45, 2.75) is 46.1 Å². The van der Waals surface area contributed by atoms with Gasteiger partial charge in [-0.15, -0.1) is 0 Å². The van der Waals surface area contributed by atoms with Gasteiger partial charge in [-0.2, -0.15) is 0 Å². The smallest absolute Gasteiger partial charge is 0.301 e. The summed E-state index contributed by atoms with van der Waals surface area (Å²) in [4.78, 5) is 32.3. The molecule has 1 atom stereocenters. The third-order valence-electron chi connectivity index (χ3n) is 6.20. The third kappa shape index (κ3) is 4.56. The van der Waals surface area contributed by atoms with E-state index >= 15 is 0 Å². The van der Waals surface area contributed by atoms with E-state index in [1.54, 1.807) is 42.6 Å². The minimum atomic E-state index is -0.815. The molecule has 6 nitrogen and oxygen atoms in total. The maximum absolute atomic E-state index is 13.3. The average molecular weight is 471 g/mol. The Bertz CT molecular complexity index is 1290. The molecule has 3 aromatic rings. The number of anilines is 1. The van der Waals surface area contributed by atoms with Crippen molar-refractivity contribution in [3.8, 4) is 5.75 Å². The number of Topliss-reactive ketones (excluding diaryl/α,β-unsaturated/α-hetero) is 1. The lowest BCUT2D eigenvalue weighted by atomic mass is 9.85.